The first-order valence-electron chi connectivity index (χ1n) is 6.25. The van der Waals surface area contributed by atoms with E-state index in [0.29, 0.717) is 11.4 Å². The summed E-state index contributed by atoms with van der Waals surface area (Å²) in [6, 6.07) is 5.56. The van der Waals surface area contributed by atoms with Crippen LogP contribution < -0.4 is 0 Å². The summed E-state index contributed by atoms with van der Waals surface area (Å²) in [7, 11) is 0. The van der Waals surface area contributed by atoms with Crippen LogP contribution in [0.2, 0.25) is 5.02 Å². The number of aromatic nitrogens is 2. The first-order chi connectivity index (χ1) is 9.13. The molecule has 0 saturated carbocycles. The molecule has 19 heavy (non-hydrogen) atoms. The highest BCUT2D eigenvalue weighted by atomic mass is 79.9. The quantitative estimate of drug-likeness (QED) is 0.891. The third-order valence-electron chi connectivity index (χ3n) is 2.98. The summed E-state index contributed by atoms with van der Waals surface area (Å²) in [4.78, 5) is 4.30. The van der Waals surface area contributed by atoms with Gasteiger partial charge in [-0.15, -0.1) is 0 Å². The second-order valence-corrected chi connectivity index (χ2v) is 5.63. The van der Waals surface area contributed by atoms with Crippen LogP contribution in [-0.2, 0) is 13.0 Å². The molecular formula is C14H16BrClN2O. The third kappa shape index (κ3) is 3.38. The maximum atomic E-state index is 10.3. The first-order valence-corrected chi connectivity index (χ1v) is 7.42. The SMILES string of the molecule is CCCn1ccnc1CC(O)c1cccc(Br)c1Cl. The van der Waals surface area contributed by atoms with Gasteiger partial charge in [0, 0.05) is 35.4 Å². The Labute approximate surface area is 126 Å². The second kappa shape index (κ2) is 6.55. The predicted molar refractivity (Wildman–Crippen MR) is 80.3 cm³/mol. The summed E-state index contributed by atoms with van der Waals surface area (Å²) in [5.41, 5.74) is 0.724. The number of hydrogen-bond donors (Lipinski definition) is 1. The smallest absolute Gasteiger partial charge is 0.111 e. The van der Waals surface area contributed by atoms with Gasteiger partial charge in [0.2, 0.25) is 0 Å². The van der Waals surface area contributed by atoms with Crippen molar-refractivity contribution < 1.29 is 5.11 Å². The molecule has 2 rings (SSSR count). The molecule has 5 heteroatoms. The van der Waals surface area contributed by atoms with Crippen molar-refractivity contribution in [2.24, 2.45) is 0 Å². The number of rotatable bonds is 5. The normalized spacial score (nSPS) is 12.6. The van der Waals surface area contributed by atoms with Gasteiger partial charge in [0.15, 0.2) is 0 Å². The van der Waals surface area contributed by atoms with Gasteiger partial charge < -0.3 is 9.67 Å². The van der Waals surface area contributed by atoms with Crippen LogP contribution in [0.25, 0.3) is 0 Å². The third-order valence-corrected chi connectivity index (χ3v) is 4.29. The molecule has 0 radical (unpaired) electrons. The zero-order valence-corrected chi connectivity index (χ0v) is 13.0. The Hall–Kier alpha value is -0.840. The van der Waals surface area contributed by atoms with E-state index in [2.05, 4.69) is 32.4 Å². The highest BCUT2D eigenvalue weighted by molar-refractivity contribution is 9.10. The molecule has 0 amide bonds. The number of aliphatic hydroxyl groups is 1. The summed E-state index contributed by atoms with van der Waals surface area (Å²) >= 11 is 9.56. The lowest BCUT2D eigenvalue weighted by molar-refractivity contribution is 0.174. The highest BCUT2D eigenvalue weighted by Gasteiger charge is 2.16. The van der Waals surface area contributed by atoms with Crippen molar-refractivity contribution in [2.75, 3.05) is 0 Å². The van der Waals surface area contributed by atoms with Gasteiger partial charge in [0.1, 0.15) is 5.82 Å². The molecule has 0 bridgehead atoms. The van der Waals surface area contributed by atoms with Gasteiger partial charge in [0.05, 0.1) is 11.1 Å². The van der Waals surface area contributed by atoms with Crippen molar-refractivity contribution >= 4 is 27.5 Å². The number of imidazole rings is 1. The average Bonchev–Trinajstić information content (AvgIpc) is 2.80. The Balaban J connectivity index is 2.18. The van der Waals surface area contributed by atoms with E-state index in [0.717, 1.165) is 28.8 Å². The van der Waals surface area contributed by atoms with Crippen LogP contribution in [0.15, 0.2) is 35.1 Å². The minimum Gasteiger partial charge on any atom is -0.388 e. The van der Waals surface area contributed by atoms with Gasteiger partial charge >= 0.3 is 0 Å². The van der Waals surface area contributed by atoms with Crippen LogP contribution in [0.4, 0.5) is 0 Å². The van der Waals surface area contributed by atoms with Crippen LogP contribution >= 0.6 is 27.5 Å². The Kier molecular flexibility index (Phi) is 5.02. The molecule has 1 N–H and O–H groups in total. The van der Waals surface area contributed by atoms with Gasteiger partial charge in [-0.3, -0.25) is 0 Å². The summed E-state index contributed by atoms with van der Waals surface area (Å²) in [6.45, 7) is 3.03. The van der Waals surface area contributed by atoms with Crippen molar-refractivity contribution in [1.29, 1.82) is 0 Å². The number of hydrogen-bond acceptors (Lipinski definition) is 2. The molecule has 0 saturated heterocycles. The van der Waals surface area contributed by atoms with Crippen molar-refractivity contribution in [2.45, 2.75) is 32.4 Å². The van der Waals surface area contributed by atoms with Crippen LogP contribution in [0.1, 0.15) is 30.8 Å². The molecule has 0 aliphatic rings. The van der Waals surface area contributed by atoms with Crippen LogP contribution in [0.3, 0.4) is 0 Å². The van der Waals surface area contributed by atoms with Crippen molar-refractivity contribution in [3.05, 3.63) is 51.5 Å². The second-order valence-electron chi connectivity index (χ2n) is 4.40. The zero-order chi connectivity index (χ0) is 13.8. The molecule has 1 aromatic heterocycles. The minimum atomic E-state index is -0.650. The summed E-state index contributed by atoms with van der Waals surface area (Å²) in [5, 5.41) is 10.9. The molecule has 2 aromatic rings. The number of nitrogens with zero attached hydrogens (tertiary/aromatic N) is 2. The van der Waals surface area contributed by atoms with Gasteiger partial charge in [-0.2, -0.15) is 0 Å². The minimum absolute atomic E-state index is 0.461. The molecule has 1 atom stereocenters. The summed E-state index contributed by atoms with van der Waals surface area (Å²) in [6.07, 6.45) is 4.55. The molecule has 1 heterocycles. The Bertz CT molecular complexity index is 556. The van der Waals surface area contributed by atoms with Crippen LogP contribution in [-0.4, -0.2) is 14.7 Å². The molecular weight excluding hydrogens is 328 g/mol. The molecule has 3 nitrogen and oxygen atoms in total. The Morgan fingerprint density at radius 3 is 3.00 bits per heavy atom. The van der Waals surface area contributed by atoms with Gasteiger partial charge in [0.25, 0.3) is 0 Å². The fourth-order valence-corrected chi connectivity index (χ4v) is 2.67. The predicted octanol–water partition coefficient (Wildman–Crippen LogP) is 3.99. The molecule has 0 spiro atoms. The summed E-state index contributed by atoms with van der Waals surface area (Å²) in [5.74, 6) is 0.880. The van der Waals surface area contributed by atoms with Crippen molar-refractivity contribution in [3.63, 3.8) is 0 Å². The molecule has 1 unspecified atom stereocenters. The lowest BCUT2D eigenvalue weighted by Gasteiger charge is -2.14. The van der Waals surface area contributed by atoms with E-state index in [-0.39, 0.29) is 0 Å². The number of aliphatic hydroxyl groups excluding tert-OH is 1. The number of halogens is 2. The molecule has 0 fully saturated rings. The zero-order valence-electron chi connectivity index (χ0n) is 10.7. The van der Waals surface area contributed by atoms with Gasteiger partial charge in [-0.1, -0.05) is 30.7 Å². The van der Waals surface area contributed by atoms with Crippen molar-refractivity contribution in [3.8, 4) is 0 Å². The van der Waals surface area contributed by atoms with E-state index in [1.807, 2.05) is 24.4 Å². The van der Waals surface area contributed by atoms with E-state index in [1.54, 1.807) is 6.20 Å². The maximum absolute atomic E-state index is 10.3. The van der Waals surface area contributed by atoms with Gasteiger partial charge in [-0.25, -0.2) is 4.98 Å². The van der Waals surface area contributed by atoms with E-state index >= 15 is 0 Å². The number of aryl methyl sites for hydroxylation is 1. The van der Waals surface area contributed by atoms with Crippen molar-refractivity contribution in [1.82, 2.24) is 9.55 Å². The lowest BCUT2D eigenvalue weighted by atomic mass is 10.1. The van der Waals surface area contributed by atoms with E-state index in [4.69, 9.17) is 11.6 Å². The van der Waals surface area contributed by atoms with E-state index in [9.17, 15) is 5.11 Å². The van der Waals surface area contributed by atoms with Crippen LogP contribution in [0, 0.1) is 0 Å². The molecule has 102 valence electrons. The molecule has 0 aliphatic heterocycles. The first kappa shape index (κ1) is 14.6. The highest BCUT2D eigenvalue weighted by Crippen LogP contribution is 2.31. The molecule has 0 aliphatic carbocycles. The standard InChI is InChI=1S/C14H16BrClN2O/c1-2-7-18-8-6-17-13(18)9-12(19)10-4-3-5-11(15)14(10)16/h3-6,8,12,19H,2,7,9H2,1H3. The topological polar surface area (TPSA) is 38.0 Å². The number of benzene rings is 1. The fraction of sp³-hybridized carbons (Fsp3) is 0.357. The largest absolute Gasteiger partial charge is 0.388 e. The Morgan fingerprint density at radius 1 is 1.47 bits per heavy atom. The Morgan fingerprint density at radius 2 is 2.26 bits per heavy atom. The lowest BCUT2D eigenvalue weighted by Crippen LogP contribution is -2.09. The summed E-state index contributed by atoms with van der Waals surface area (Å²) < 4.78 is 2.86. The van der Waals surface area contributed by atoms with E-state index < -0.39 is 6.10 Å². The van der Waals surface area contributed by atoms with E-state index in [1.165, 1.54) is 0 Å². The molecule has 1 aromatic carbocycles. The fourth-order valence-electron chi connectivity index (χ4n) is 2.04. The maximum Gasteiger partial charge on any atom is 0.111 e. The average molecular weight is 344 g/mol. The van der Waals surface area contributed by atoms with Crippen LogP contribution in [0.5, 0.6) is 0 Å². The monoisotopic (exact) mass is 342 g/mol. The van der Waals surface area contributed by atoms with Gasteiger partial charge in [-0.05, 0) is 28.4 Å².